The van der Waals surface area contributed by atoms with Gasteiger partial charge in [0.25, 0.3) is 0 Å². The molecule has 2 aliphatic rings. The summed E-state index contributed by atoms with van der Waals surface area (Å²) < 4.78 is 2.08. The molecule has 1 amide bonds. The summed E-state index contributed by atoms with van der Waals surface area (Å²) in [5, 5.41) is 0. The van der Waals surface area contributed by atoms with Crippen molar-refractivity contribution < 1.29 is 4.79 Å². The van der Waals surface area contributed by atoms with Gasteiger partial charge >= 0.3 is 0 Å². The quantitative estimate of drug-likeness (QED) is 0.815. The van der Waals surface area contributed by atoms with Gasteiger partial charge in [0.2, 0.25) is 5.91 Å². The number of rotatable bonds is 5. The summed E-state index contributed by atoms with van der Waals surface area (Å²) in [5.74, 6) is 1.46. The minimum absolute atomic E-state index is 0.131. The maximum atomic E-state index is 13.0. The molecule has 134 valence electrons. The van der Waals surface area contributed by atoms with Crippen molar-refractivity contribution in [3.63, 3.8) is 0 Å². The highest BCUT2D eigenvalue weighted by molar-refractivity contribution is 5.82. The van der Waals surface area contributed by atoms with Crippen LogP contribution in [0.15, 0.2) is 12.4 Å². The Bertz CT molecular complexity index is 543. The van der Waals surface area contributed by atoms with Gasteiger partial charge in [-0.05, 0) is 38.8 Å². The van der Waals surface area contributed by atoms with Crippen LogP contribution in [-0.2, 0) is 18.4 Å². The normalized spacial score (nSPS) is 23.6. The third-order valence-electron chi connectivity index (χ3n) is 5.35. The van der Waals surface area contributed by atoms with Crippen LogP contribution in [0.4, 0.5) is 0 Å². The molecule has 1 aromatic rings. The fraction of sp³-hybridized carbons (Fsp3) is 0.778. The van der Waals surface area contributed by atoms with Crippen LogP contribution in [-0.4, -0.2) is 75.5 Å². The van der Waals surface area contributed by atoms with Crippen molar-refractivity contribution in [3.8, 4) is 0 Å². The lowest BCUT2D eigenvalue weighted by atomic mass is 10.2. The topological polar surface area (TPSA) is 44.6 Å². The maximum Gasteiger partial charge on any atom is 0.239 e. The molecule has 3 rings (SSSR count). The van der Waals surface area contributed by atoms with Gasteiger partial charge in [-0.1, -0.05) is 6.92 Å². The Balaban J connectivity index is 1.55. The second kappa shape index (κ2) is 8.12. The molecular formula is C18H31N5O. The smallest absolute Gasteiger partial charge is 0.239 e. The van der Waals surface area contributed by atoms with Gasteiger partial charge in [0.05, 0.1) is 12.6 Å². The molecule has 0 aliphatic carbocycles. The number of amides is 1. The van der Waals surface area contributed by atoms with Gasteiger partial charge in [-0.3, -0.25) is 14.6 Å². The van der Waals surface area contributed by atoms with Crippen LogP contribution in [0.2, 0.25) is 0 Å². The van der Waals surface area contributed by atoms with Crippen molar-refractivity contribution in [3.05, 3.63) is 18.2 Å². The molecular weight excluding hydrogens is 302 g/mol. The summed E-state index contributed by atoms with van der Waals surface area (Å²) in [6.45, 7) is 8.93. The number of nitrogens with zero attached hydrogens (tertiary/aromatic N) is 5. The van der Waals surface area contributed by atoms with E-state index in [-0.39, 0.29) is 6.04 Å². The second-order valence-electron chi connectivity index (χ2n) is 7.10. The summed E-state index contributed by atoms with van der Waals surface area (Å²) in [7, 11) is 2.04. The van der Waals surface area contributed by atoms with E-state index < -0.39 is 0 Å². The van der Waals surface area contributed by atoms with Crippen molar-refractivity contribution >= 4 is 5.91 Å². The Hall–Kier alpha value is -1.40. The minimum Gasteiger partial charge on any atom is -0.340 e. The number of carbonyl (C=O) groups is 1. The highest BCUT2D eigenvalue weighted by Crippen LogP contribution is 2.20. The summed E-state index contributed by atoms with van der Waals surface area (Å²) in [5.41, 5.74) is 0. The highest BCUT2D eigenvalue weighted by Gasteiger charge is 2.33. The van der Waals surface area contributed by atoms with Crippen LogP contribution in [0, 0.1) is 0 Å². The largest absolute Gasteiger partial charge is 0.340 e. The number of aromatic nitrogens is 2. The van der Waals surface area contributed by atoms with Crippen LogP contribution >= 0.6 is 0 Å². The first kappa shape index (κ1) is 17.4. The van der Waals surface area contributed by atoms with Gasteiger partial charge in [-0.15, -0.1) is 0 Å². The highest BCUT2D eigenvalue weighted by atomic mass is 16.2. The molecule has 6 nitrogen and oxygen atoms in total. The van der Waals surface area contributed by atoms with Crippen molar-refractivity contribution in [2.45, 2.75) is 45.2 Å². The molecule has 2 aliphatic heterocycles. The summed E-state index contributed by atoms with van der Waals surface area (Å²) in [6.07, 6.45) is 8.22. The predicted octanol–water partition coefficient (Wildman–Crippen LogP) is 1.33. The Labute approximate surface area is 145 Å². The zero-order chi connectivity index (χ0) is 16.9. The number of likely N-dealkylation sites (tertiary alicyclic amines) is 1. The van der Waals surface area contributed by atoms with Crippen LogP contribution < -0.4 is 0 Å². The minimum atomic E-state index is 0.131. The third kappa shape index (κ3) is 3.98. The Morgan fingerprint density at radius 1 is 1.21 bits per heavy atom. The SMILES string of the molecule is CCCN1CCCC1C(=O)N1CCCN(Cc2nccn2C)CC1. The van der Waals surface area contributed by atoms with Gasteiger partial charge in [0.1, 0.15) is 5.82 Å². The van der Waals surface area contributed by atoms with E-state index in [0.717, 1.165) is 77.3 Å². The Morgan fingerprint density at radius 2 is 2.08 bits per heavy atom. The Kier molecular flexibility index (Phi) is 5.89. The van der Waals surface area contributed by atoms with Crippen molar-refractivity contribution in [2.24, 2.45) is 7.05 Å². The first-order valence-corrected chi connectivity index (χ1v) is 9.40. The lowest BCUT2D eigenvalue weighted by molar-refractivity contribution is -0.135. The molecule has 0 aromatic carbocycles. The van der Waals surface area contributed by atoms with Gasteiger partial charge in [-0.25, -0.2) is 4.98 Å². The van der Waals surface area contributed by atoms with Crippen LogP contribution in [0.25, 0.3) is 0 Å². The zero-order valence-electron chi connectivity index (χ0n) is 15.2. The van der Waals surface area contributed by atoms with Crippen LogP contribution in [0.5, 0.6) is 0 Å². The molecule has 0 saturated carbocycles. The molecule has 2 fully saturated rings. The number of hydrogen-bond acceptors (Lipinski definition) is 4. The predicted molar refractivity (Wildman–Crippen MR) is 94.6 cm³/mol. The molecule has 0 N–H and O–H groups in total. The monoisotopic (exact) mass is 333 g/mol. The van der Waals surface area contributed by atoms with E-state index in [4.69, 9.17) is 0 Å². The van der Waals surface area contributed by atoms with Gasteiger partial charge in [0.15, 0.2) is 0 Å². The molecule has 1 aromatic heterocycles. The molecule has 0 bridgehead atoms. The van der Waals surface area contributed by atoms with E-state index in [1.807, 2.05) is 19.4 Å². The Morgan fingerprint density at radius 3 is 2.83 bits per heavy atom. The molecule has 6 heteroatoms. The standard InChI is InChI=1S/C18H31N5O/c1-3-8-22-10-4-6-16(22)18(24)23-11-5-9-21(13-14-23)15-17-19-7-12-20(17)2/h7,12,16H,3-6,8-11,13-15H2,1-2H3. The summed E-state index contributed by atoms with van der Waals surface area (Å²) in [6, 6.07) is 0.131. The van der Waals surface area contributed by atoms with Gasteiger partial charge in [-0.2, -0.15) is 0 Å². The van der Waals surface area contributed by atoms with E-state index in [1.165, 1.54) is 0 Å². The van der Waals surface area contributed by atoms with Crippen molar-refractivity contribution in [2.75, 3.05) is 39.3 Å². The van der Waals surface area contributed by atoms with Gasteiger partial charge < -0.3 is 9.47 Å². The number of imidazole rings is 1. The average molecular weight is 333 g/mol. The van der Waals surface area contributed by atoms with E-state index >= 15 is 0 Å². The molecule has 2 saturated heterocycles. The van der Waals surface area contributed by atoms with Crippen LogP contribution in [0.1, 0.15) is 38.4 Å². The molecule has 3 heterocycles. The fourth-order valence-electron chi connectivity index (χ4n) is 3.97. The lowest BCUT2D eigenvalue weighted by Crippen LogP contribution is -2.47. The molecule has 1 atom stereocenters. The summed E-state index contributed by atoms with van der Waals surface area (Å²) in [4.78, 5) is 24.3. The number of aryl methyl sites for hydroxylation is 1. The van der Waals surface area contributed by atoms with Crippen molar-refractivity contribution in [1.82, 2.24) is 24.3 Å². The lowest BCUT2D eigenvalue weighted by Gasteiger charge is -2.29. The van der Waals surface area contributed by atoms with E-state index in [0.29, 0.717) is 5.91 Å². The molecule has 0 radical (unpaired) electrons. The van der Waals surface area contributed by atoms with Crippen LogP contribution in [0.3, 0.4) is 0 Å². The zero-order valence-corrected chi connectivity index (χ0v) is 15.2. The van der Waals surface area contributed by atoms with E-state index in [1.54, 1.807) is 0 Å². The number of carbonyl (C=O) groups excluding carboxylic acids is 1. The molecule has 1 unspecified atom stereocenters. The fourth-order valence-corrected chi connectivity index (χ4v) is 3.97. The molecule has 0 spiro atoms. The van der Waals surface area contributed by atoms with E-state index in [9.17, 15) is 4.79 Å². The van der Waals surface area contributed by atoms with E-state index in [2.05, 4.69) is 31.2 Å². The van der Waals surface area contributed by atoms with Crippen molar-refractivity contribution in [1.29, 1.82) is 0 Å². The number of hydrogen-bond donors (Lipinski definition) is 0. The summed E-state index contributed by atoms with van der Waals surface area (Å²) >= 11 is 0. The second-order valence-corrected chi connectivity index (χ2v) is 7.10. The molecule has 24 heavy (non-hydrogen) atoms. The first-order chi connectivity index (χ1) is 11.7. The average Bonchev–Trinajstić information content (AvgIpc) is 3.12. The maximum absolute atomic E-state index is 13.0. The first-order valence-electron chi connectivity index (χ1n) is 9.40. The van der Waals surface area contributed by atoms with Gasteiger partial charge in [0, 0.05) is 45.6 Å². The third-order valence-corrected chi connectivity index (χ3v) is 5.35.